The van der Waals surface area contributed by atoms with Crippen molar-refractivity contribution < 1.29 is 35.0 Å². The van der Waals surface area contributed by atoms with Gasteiger partial charge in [0, 0.05) is 6.42 Å². The van der Waals surface area contributed by atoms with Crippen LogP contribution in [0, 0.1) is 47.4 Å². The second kappa shape index (κ2) is 12.3. The summed E-state index contributed by atoms with van der Waals surface area (Å²) in [4.78, 5) is 0. The Bertz CT molecular complexity index is 672. The van der Waals surface area contributed by atoms with Crippen molar-refractivity contribution in [1.29, 1.82) is 0 Å². The van der Waals surface area contributed by atoms with Gasteiger partial charge in [-0.25, -0.2) is 0 Å². The molecule has 7 heteroatoms. The first-order chi connectivity index (χ1) is 12.5. The molecular weight excluding hydrogens is 340 g/mol. The monoisotopic (exact) mass is 362 g/mol. The van der Waals surface area contributed by atoms with Crippen LogP contribution in [0.2, 0.25) is 0 Å². The molecular formula is C19H22O7. The molecule has 0 saturated carbocycles. The standard InChI is InChI=1S/C19H22O7/c1-2-3-4-5-6-7-8-9-10-11-14(12-20)25-19-18(24)17(23)16(22)15(13-21)26-19/h14-24H,10-13H2,1H3/t14?,15?,16-,17-,18?,19+/m0/s1. The fraction of sp³-hybridized carbons (Fsp3) is 0.579. The minimum atomic E-state index is -1.53. The zero-order valence-corrected chi connectivity index (χ0v) is 14.3. The Kier molecular flexibility index (Phi) is 10.4. The van der Waals surface area contributed by atoms with Gasteiger partial charge in [-0.2, -0.15) is 0 Å². The fourth-order valence-corrected chi connectivity index (χ4v) is 2.10. The molecule has 0 amide bonds. The lowest BCUT2D eigenvalue weighted by molar-refractivity contribution is -0.313. The Morgan fingerprint density at radius 3 is 2.19 bits per heavy atom. The average molecular weight is 362 g/mol. The van der Waals surface area contributed by atoms with Gasteiger partial charge in [0.05, 0.1) is 19.3 Å². The molecule has 3 unspecified atom stereocenters. The number of rotatable bonds is 6. The molecule has 140 valence electrons. The summed E-state index contributed by atoms with van der Waals surface area (Å²) in [7, 11) is 0. The van der Waals surface area contributed by atoms with Crippen molar-refractivity contribution in [3.63, 3.8) is 0 Å². The summed E-state index contributed by atoms with van der Waals surface area (Å²) >= 11 is 0. The predicted molar refractivity (Wildman–Crippen MR) is 91.7 cm³/mol. The molecule has 0 aromatic heterocycles. The predicted octanol–water partition coefficient (Wildman–Crippen LogP) is -2.02. The Morgan fingerprint density at radius 2 is 1.58 bits per heavy atom. The maximum atomic E-state index is 9.90. The minimum absolute atomic E-state index is 0.327. The molecule has 1 rings (SSSR count). The van der Waals surface area contributed by atoms with Crippen molar-refractivity contribution in [2.75, 3.05) is 13.2 Å². The SMILES string of the molecule is CC#CC#CC#CC#CCCC(CO)O[C@@H]1OC(CO)[C@H](O)[C@H](O)C1O. The van der Waals surface area contributed by atoms with Gasteiger partial charge >= 0.3 is 0 Å². The van der Waals surface area contributed by atoms with E-state index in [4.69, 9.17) is 14.6 Å². The third-order valence-electron chi connectivity index (χ3n) is 3.50. The molecule has 0 aromatic rings. The molecule has 0 spiro atoms. The number of hydrogen-bond acceptors (Lipinski definition) is 7. The van der Waals surface area contributed by atoms with Crippen LogP contribution in [0.1, 0.15) is 19.8 Å². The molecule has 0 aromatic carbocycles. The molecule has 1 fully saturated rings. The van der Waals surface area contributed by atoms with Gasteiger partial charge in [-0.15, -0.1) is 0 Å². The van der Waals surface area contributed by atoms with Crippen LogP contribution in [0.25, 0.3) is 0 Å². The van der Waals surface area contributed by atoms with Gasteiger partial charge in [0.15, 0.2) is 6.29 Å². The van der Waals surface area contributed by atoms with Crippen LogP contribution in [-0.4, -0.2) is 75.6 Å². The van der Waals surface area contributed by atoms with Crippen LogP contribution in [-0.2, 0) is 9.47 Å². The molecule has 0 bridgehead atoms. The van der Waals surface area contributed by atoms with E-state index in [9.17, 15) is 20.4 Å². The van der Waals surface area contributed by atoms with Crippen molar-refractivity contribution in [3.05, 3.63) is 0 Å². The normalized spacial score (nSPS) is 28.0. The van der Waals surface area contributed by atoms with E-state index in [1.165, 1.54) is 0 Å². The number of aliphatic hydroxyl groups is 5. The molecule has 1 heterocycles. The number of aliphatic hydroxyl groups excluding tert-OH is 5. The zero-order chi connectivity index (χ0) is 19.4. The van der Waals surface area contributed by atoms with E-state index in [0.717, 1.165) is 0 Å². The number of hydrogen-bond donors (Lipinski definition) is 5. The van der Waals surface area contributed by atoms with Crippen molar-refractivity contribution >= 4 is 0 Å². The summed E-state index contributed by atoms with van der Waals surface area (Å²) in [5.74, 6) is 20.6. The first-order valence-corrected chi connectivity index (χ1v) is 8.01. The van der Waals surface area contributed by atoms with Crippen LogP contribution in [0.15, 0.2) is 0 Å². The molecule has 6 atom stereocenters. The molecule has 1 aliphatic heterocycles. The highest BCUT2D eigenvalue weighted by atomic mass is 16.7. The maximum absolute atomic E-state index is 9.90. The lowest BCUT2D eigenvalue weighted by Gasteiger charge is -2.40. The lowest BCUT2D eigenvalue weighted by Crippen LogP contribution is -2.59. The van der Waals surface area contributed by atoms with Gasteiger partial charge in [-0.3, -0.25) is 0 Å². The van der Waals surface area contributed by atoms with E-state index in [1.54, 1.807) is 6.92 Å². The van der Waals surface area contributed by atoms with Gasteiger partial charge in [0.2, 0.25) is 0 Å². The van der Waals surface area contributed by atoms with E-state index < -0.39 is 43.4 Å². The second-order valence-electron chi connectivity index (χ2n) is 5.35. The first-order valence-electron chi connectivity index (χ1n) is 8.01. The van der Waals surface area contributed by atoms with Crippen LogP contribution < -0.4 is 0 Å². The molecule has 1 saturated heterocycles. The van der Waals surface area contributed by atoms with Gasteiger partial charge in [-0.05, 0) is 48.9 Å². The minimum Gasteiger partial charge on any atom is -0.394 e. The third-order valence-corrected chi connectivity index (χ3v) is 3.50. The Balaban J connectivity index is 2.52. The Labute approximate surface area is 152 Å². The molecule has 26 heavy (non-hydrogen) atoms. The van der Waals surface area contributed by atoms with Crippen LogP contribution in [0.5, 0.6) is 0 Å². The topological polar surface area (TPSA) is 120 Å². The highest BCUT2D eigenvalue weighted by Crippen LogP contribution is 2.23. The second-order valence-corrected chi connectivity index (χ2v) is 5.35. The zero-order valence-electron chi connectivity index (χ0n) is 14.3. The summed E-state index contributed by atoms with van der Waals surface area (Å²) in [5.41, 5.74) is 0. The van der Waals surface area contributed by atoms with Gasteiger partial charge in [0.25, 0.3) is 0 Å². The smallest absolute Gasteiger partial charge is 0.187 e. The summed E-state index contributed by atoms with van der Waals surface area (Å²) < 4.78 is 10.7. The van der Waals surface area contributed by atoms with E-state index >= 15 is 0 Å². The first kappa shape index (κ1) is 22.0. The van der Waals surface area contributed by atoms with Crippen molar-refractivity contribution in [1.82, 2.24) is 0 Å². The molecule has 1 aliphatic rings. The van der Waals surface area contributed by atoms with Crippen molar-refractivity contribution in [3.8, 4) is 47.4 Å². The van der Waals surface area contributed by atoms with Crippen LogP contribution >= 0.6 is 0 Å². The summed E-state index contributed by atoms with van der Waals surface area (Å²) in [6, 6.07) is 0. The average Bonchev–Trinajstić information content (AvgIpc) is 2.65. The van der Waals surface area contributed by atoms with E-state index in [0.29, 0.717) is 12.8 Å². The highest BCUT2D eigenvalue weighted by Gasteiger charge is 2.44. The number of ether oxygens (including phenoxy) is 2. The quantitative estimate of drug-likeness (QED) is 0.346. The maximum Gasteiger partial charge on any atom is 0.187 e. The van der Waals surface area contributed by atoms with Crippen LogP contribution in [0.3, 0.4) is 0 Å². The van der Waals surface area contributed by atoms with Crippen molar-refractivity contribution in [2.45, 2.75) is 56.6 Å². The third kappa shape index (κ3) is 7.06. The summed E-state index contributed by atoms with van der Waals surface area (Å²) in [6.45, 7) is 0.765. The van der Waals surface area contributed by atoms with E-state index in [2.05, 4.69) is 47.4 Å². The van der Waals surface area contributed by atoms with Gasteiger partial charge in [-0.1, -0.05) is 11.8 Å². The molecule has 0 aliphatic carbocycles. The largest absolute Gasteiger partial charge is 0.394 e. The van der Waals surface area contributed by atoms with E-state index in [1.807, 2.05) is 0 Å². The summed E-state index contributed by atoms with van der Waals surface area (Å²) in [6.07, 6.45) is -6.87. The Morgan fingerprint density at radius 1 is 0.923 bits per heavy atom. The molecule has 5 N–H and O–H groups in total. The summed E-state index contributed by atoms with van der Waals surface area (Å²) in [5, 5.41) is 47.8. The van der Waals surface area contributed by atoms with Crippen LogP contribution in [0.4, 0.5) is 0 Å². The lowest BCUT2D eigenvalue weighted by atomic mass is 9.99. The van der Waals surface area contributed by atoms with Gasteiger partial charge < -0.3 is 35.0 Å². The van der Waals surface area contributed by atoms with E-state index in [-0.39, 0.29) is 6.61 Å². The molecule has 0 radical (unpaired) electrons. The van der Waals surface area contributed by atoms with Gasteiger partial charge in [0.1, 0.15) is 24.4 Å². The highest BCUT2D eigenvalue weighted by molar-refractivity contribution is 5.39. The Hall–Kier alpha value is -2.04. The fourth-order valence-electron chi connectivity index (χ4n) is 2.10. The van der Waals surface area contributed by atoms with Crippen molar-refractivity contribution in [2.24, 2.45) is 0 Å². The molecule has 7 nitrogen and oxygen atoms in total.